The van der Waals surface area contributed by atoms with E-state index in [1.54, 1.807) is 38.1 Å². The number of carbonyl (C=O) groups is 4. The van der Waals surface area contributed by atoms with Gasteiger partial charge >= 0.3 is 11.9 Å². The number of rotatable bonds is 6. The fourth-order valence-electron chi connectivity index (χ4n) is 3.98. The van der Waals surface area contributed by atoms with Crippen LogP contribution in [0.3, 0.4) is 0 Å². The van der Waals surface area contributed by atoms with E-state index in [0.717, 1.165) is 29.5 Å². The molecule has 31 heavy (non-hydrogen) atoms. The number of thioether (sulfide) groups is 1. The first-order valence-corrected chi connectivity index (χ1v) is 10.4. The Balaban J connectivity index is 1.89. The molecular formula is C20H26N4O6S. The molecular weight excluding hydrogens is 424 g/mol. The Kier molecular flexibility index (Phi) is 5.70. The van der Waals surface area contributed by atoms with Crippen LogP contribution in [0.25, 0.3) is 0 Å². The topological polar surface area (TPSA) is 142 Å². The van der Waals surface area contributed by atoms with Gasteiger partial charge in [-0.2, -0.15) is 0 Å². The fraction of sp³-hybridized carbons (Fsp3) is 0.500. The maximum absolute atomic E-state index is 13.1. The summed E-state index contributed by atoms with van der Waals surface area (Å²) in [4.78, 5) is 53.5. The first-order chi connectivity index (χ1) is 14.4. The number of carboxylic acid groups (broad SMARTS) is 1. The van der Waals surface area contributed by atoms with Gasteiger partial charge in [0.25, 0.3) is 5.91 Å². The summed E-state index contributed by atoms with van der Waals surface area (Å²) >= 11 is 1.13. The molecule has 2 aliphatic heterocycles. The van der Waals surface area contributed by atoms with Gasteiger partial charge in [-0.15, -0.1) is 11.8 Å². The molecule has 1 aromatic carbocycles. The number of nitrogens with one attached hydrogen (secondary N) is 1. The second-order valence-electron chi connectivity index (χ2n) is 8.28. The van der Waals surface area contributed by atoms with Crippen LogP contribution in [0.4, 0.5) is 5.69 Å². The average molecular weight is 451 g/mol. The number of carboxylic acids is 1. The number of fused-ring (bicyclic) bond motifs is 1. The molecule has 2 unspecified atom stereocenters. The maximum Gasteiger partial charge on any atom is 0.344 e. The average Bonchev–Trinajstić information content (AvgIpc) is 2.99. The van der Waals surface area contributed by atoms with Crippen molar-refractivity contribution in [2.24, 2.45) is 5.73 Å². The zero-order valence-electron chi connectivity index (χ0n) is 17.9. The highest BCUT2D eigenvalue weighted by molar-refractivity contribution is 8.01. The highest BCUT2D eigenvalue weighted by Crippen LogP contribution is 2.55. The number of nitrogens with two attached hydrogens (primary N) is 1. The molecule has 0 saturated carbocycles. The zero-order valence-corrected chi connectivity index (χ0v) is 18.7. The van der Waals surface area contributed by atoms with Crippen LogP contribution in [0.1, 0.15) is 25.5 Å². The molecule has 168 valence electrons. The van der Waals surface area contributed by atoms with Gasteiger partial charge in [-0.1, -0.05) is 12.1 Å². The Hall–Kier alpha value is -2.79. The van der Waals surface area contributed by atoms with Gasteiger partial charge in [0.1, 0.15) is 17.5 Å². The predicted molar refractivity (Wildman–Crippen MR) is 114 cm³/mol. The minimum atomic E-state index is -2.03. The lowest BCUT2D eigenvalue weighted by Gasteiger charge is -2.50. The highest BCUT2D eigenvalue weighted by atomic mass is 32.2. The molecule has 0 bridgehead atoms. The van der Waals surface area contributed by atoms with Gasteiger partial charge in [-0.3, -0.25) is 9.59 Å². The Morgan fingerprint density at radius 2 is 1.84 bits per heavy atom. The van der Waals surface area contributed by atoms with Gasteiger partial charge in [0.2, 0.25) is 11.4 Å². The van der Waals surface area contributed by atoms with Gasteiger partial charge < -0.3 is 30.7 Å². The van der Waals surface area contributed by atoms with Crippen LogP contribution in [0, 0.1) is 0 Å². The lowest BCUT2D eigenvalue weighted by atomic mass is 9.84. The summed E-state index contributed by atoms with van der Waals surface area (Å²) in [6.45, 7) is 3.34. The van der Waals surface area contributed by atoms with Gasteiger partial charge in [-0.05, 0) is 31.5 Å². The Morgan fingerprint density at radius 3 is 2.32 bits per heavy atom. The van der Waals surface area contributed by atoms with E-state index >= 15 is 0 Å². The minimum absolute atomic E-state index is 0.495. The SMILES string of the molecule is COC(=O)C1(NC(=O)C(N)c2ccc(N(C)C)cc2)C(=O)N2[C@@H](C(=O)O)C(C)(C)S[C@@H]21. The molecule has 0 aliphatic carbocycles. The summed E-state index contributed by atoms with van der Waals surface area (Å²) in [6.07, 6.45) is 0. The molecule has 4 N–H and O–H groups in total. The second kappa shape index (κ2) is 7.72. The van der Waals surface area contributed by atoms with E-state index in [4.69, 9.17) is 10.5 Å². The van der Waals surface area contributed by atoms with E-state index in [2.05, 4.69) is 5.32 Å². The Morgan fingerprint density at radius 1 is 1.26 bits per heavy atom. The molecule has 11 heteroatoms. The summed E-state index contributed by atoms with van der Waals surface area (Å²) < 4.78 is 3.94. The lowest BCUT2D eigenvalue weighted by Crippen LogP contribution is -2.83. The quantitative estimate of drug-likeness (QED) is 0.308. The number of benzene rings is 1. The van der Waals surface area contributed by atoms with E-state index in [1.807, 2.05) is 19.0 Å². The molecule has 2 fully saturated rings. The van der Waals surface area contributed by atoms with E-state index < -0.39 is 51.5 Å². The monoisotopic (exact) mass is 450 g/mol. The third-order valence-electron chi connectivity index (χ3n) is 5.66. The first kappa shape index (κ1) is 22.9. The van der Waals surface area contributed by atoms with Crippen LogP contribution >= 0.6 is 11.8 Å². The summed E-state index contributed by atoms with van der Waals surface area (Å²) in [5.41, 5.74) is 5.48. The fourth-order valence-corrected chi connectivity index (χ4v) is 5.66. The molecule has 1 aromatic rings. The molecule has 0 aromatic heterocycles. The number of aliphatic carboxylic acids is 1. The Bertz CT molecular complexity index is 934. The van der Waals surface area contributed by atoms with E-state index in [-0.39, 0.29) is 0 Å². The smallest absolute Gasteiger partial charge is 0.344 e. The molecule has 4 atom stereocenters. The molecule has 2 aliphatic rings. The maximum atomic E-state index is 13.1. The van der Waals surface area contributed by atoms with Gasteiger partial charge in [0, 0.05) is 24.5 Å². The van der Waals surface area contributed by atoms with Crippen molar-refractivity contribution < 1.29 is 29.0 Å². The second-order valence-corrected chi connectivity index (χ2v) is 10.0. The highest BCUT2D eigenvalue weighted by Gasteiger charge is 2.76. The number of esters is 1. The zero-order chi connectivity index (χ0) is 23.3. The molecule has 10 nitrogen and oxygen atoms in total. The largest absolute Gasteiger partial charge is 0.480 e. The minimum Gasteiger partial charge on any atom is -0.480 e. The number of hydrogen-bond donors (Lipinski definition) is 3. The van der Waals surface area contributed by atoms with Gasteiger partial charge in [-0.25, -0.2) is 9.59 Å². The number of nitrogens with zero attached hydrogens (tertiary/aromatic N) is 2. The summed E-state index contributed by atoms with van der Waals surface area (Å²) in [7, 11) is 4.85. The summed E-state index contributed by atoms with van der Waals surface area (Å²) in [5, 5.41) is 11.2. The van der Waals surface area contributed by atoms with Gasteiger partial charge in [0.15, 0.2) is 0 Å². The van der Waals surface area contributed by atoms with Crippen LogP contribution in [0.15, 0.2) is 24.3 Å². The van der Waals surface area contributed by atoms with Crippen molar-refractivity contribution in [2.75, 3.05) is 26.1 Å². The van der Waals surface area contributed by atoms with Crippen molar-refractivity contribution in [2.45, 2.75) is 41.6 Å². The first-order valence-electron chi connectivity index (χ1n) is 9.55. The van der Waals surface area contributed by atoms with Crippen molar-refractivity contribution in [1.29, 1.82) is 0 Å². The molecule has 3 rings (SSSR count). The Labute approximate surface area is 184 Å². The molecule has 2 saturated heterocycles. The van der Waals surface area contributed by atoms with Crippen molar-refractivity contribution in [1.82, 2.24) is 10.2 Å². The number of anilines is 1. The van der Waals surface area contributed by atoms with Crippen molar-refractivity contribution in [3.63, 3.8) is 0 Å². The number of β-lactam (4-membered cyclic amide) rings is 1. The van der Waals surface area contributed by atoms with E-state index in [0.29, 0.717) is 5.56 Å². The normalized spacial score (nSPS) is 27.0. The number of methoxy groups -OCH3 is 1. The predicted octanol–water partition coefficient (Wildman–Crippen LogP) is -0.0727. The van der Waals surface area contributed by atoms with E-state index in [1.165, 1.54) is 0 Å². The van der Waals surface area contributed by atoms with Crippen LogP contribution in [-0.4, -0.2) is 76.7 Å². The van der Waals surface area contributed by atoms with Crippen LogP contribution < -0.4 is 16.0 Å². The summed E-state index contributed by atoms with van der Waals surface area (Å²) in [6, 6.07) is 4.68. The van der Waals surface area contributed by atoms with Crippen LogP contribution in [-0.2, 0) is 23.9 Å². The number of amides is 2. The van der Waals surface area contributed by atoms with E-state index in [9.17, 15) is 24.3 Å². The lowest BCUT2D eigenvalue weighted by molar-refractivity contribution is -0.180. The summed E-state index contributed by atoms with van der Waals surface area (Å²) in [5.74, 6) is -3.71. The standard InChI is InChI=1S/C20H26N4O6S/c1-19(2)13(15(26)27)24-16(28)20(17(24)31-19,18(29)30-5)22-14(25)12(21)10-6-8-11(9-7-10)23(3)4/h6-9,12-13,17H,21H2,1-5H3,(H,22,25)(H,26,27)/t12?,13-,17+,20?/m0/s1. The molecule has 0 radical (unpaired) electrons. The van der Waals surface area contributed by atoms with Crippen molar-refractivity contribution >= 4 is 41.2 Å². The molecule has 2 heterocycles. The van der Waals surface area contributed by atoms with Crippen LogP contribution in [0.2, 0.25) is 0 Å². The van der Waals surface area contributed by atoms with Crippen molar-refractivity contribution in [3.05, 3.63) is 29.8 Å². The van der Waals surface area contributed by atoms with Gasteiger partial charge in [0.05, 0.1) is 7.11 Å². The number of ether oxygens (including phenoxy) is 1. The molecule has 2 amide bonds. The number of hydrogen-bond acceptors (Lipinski definition) is 8. The van der Waals surface area contributed by atoms with Crippen LogP contribution in [0.5, 0.6) is 0 Å². The van der Waals surface area contributed by atoms with Crippen molar-refractivity contribution in [3.8, 4) is 0 Å². The number of carbonyl (C=O) groups excluding carboxylic acids is 3. The third-order valence-corrected chi connectivity index (χ3v) is 7.29. The third kappa shape index (κ3) is 3.41. The molecule has 0 spiro atoms.